The zero-order valence-electron chi connectivity index (χ0n) is 10.2. The van der Waals surface area contributed by atoms with E-state index in [9.17, 15) is 0 Å². The monoisotopic (exact) mass is 283 g/mol. The van der Waals surface area contributed by atoms with Crippen molar-refractivity contribution in [3.05, 3.63) is 23.1 Å². The molecule has 3 rings (SSSR count). The van der Waals surface area contributed by atoms with Gasteiger partial charge in [0.05, 0.1) is 10.4 Å². The van der Waals surface area contributed by atoms with Gasteiger partial charge < -0.3 is 4.57 Å². The molecule has 1 aliphatic rings. The Kier molecular flexibility index (Phi) is 3.20. The third-order valence-corrected chi connectivity index (χ3v) is 3.80. The first-order chi connectivity index (χ1) is 8.65. The van der Waals surface area contributed by atoms with Crippen molar-refractivity contribution in [2.24, 2.45) is 5.92 Å². The van der Waals surface area contributed by atoms with Gasteiger partial charge >= 0.3 is 0 Å². The number of nitrogens with zero attached hydrogens (tertiary/aromatic N) is 3. The lowest BCUT2D eigenvalue weighted by Gasteiger charge is -2.09. The molecule has 0 bridgehead atoms. The fourth-order valence-electron chi connectivity index (χ4n) is 2.25. The van der Waals surface area contributed by atoms with Crippen LogP contribution in [0.5, 0.6) is 0 Å². The van der Waals surface area contributed by atoms with Crippen molar-refractivity contribution in [2.75, 3.05) is 0 Å². The summed E-state index contributed by atoms with van der Waals surface area (Å²) in [6.45, 7) is 2.89. The van der Waals surface area contributed by atoms with Gasteiger partial charge in [-0.05, 0) is 25.3 Å². The summed E-state index contributed by atoms with van der Waals surface area (Å²) in [6.07, 6.45) is 5.57. The lowest BCUT2D eigenvalue weighted by molar-refractivity contribution is 0.582. The summed E-state index contributed by atoms with van der Waals surface area (Å²) in [4.78, 5) is 8.95. The number of hydrogen-bond donors (Lipinski definition) is 0. The number of hydrogen-bond acceptors (Lipinski definition) is 2. The molecular weight excluding hydrogens is 269 g/mol. The van der Waals surface area contributed by atoms with E-state index in [0.29, 0.717) is 5.02 Å². The van der Waals surface area contributed by atoms with E-state index in [0.717, 1.165) is 29.5 Å². The summed E-state index contributed by atoms with van der Waals surface area (Å²) < 4.78 is 2.14. The van der Waals surface area contributed by atoms with Crippen molar-refractivity contribution in [3.8, 4) is 0 Å². The molecule has 18 heavy (non-hydrogen) atoms. The molecule has 0 N–H and O–H groups in total. The minimum absolute atomic E-state index is 0.114. The van der Waals surface area contributed by atoms with Gasteiger partial charge in [0.1, 0.15) is 11.3 Å². The highest BCUT2D eigenvalue weighted by Gasteiger charge is 2.23. The van der Waals surface area contributed by atoms with E-state index in [4.69, 9.17) is 23.2 Å². The normalized spacial score (nSPS) is 17.3. The van der Waals surface area contributed by atoms with Crippen LogP contribution in [-0.4, -0.2) is 14.5 Å². The molecule has 1 unspecified atom stereocenters. The Morgan fingerprint density at radius 3 is 2.94 bits per heavy atom. The maximum atomic E-state index is 6.21. The summed E-state index contributed by atoms with van der Waals surface area (Å²) >= 11 is 12.2. The molecule has 0 radical (unpaired) electrons. The number of rotatable bonds is 4. The summed E-state index contributed by atoms with van der Waals surface area (Å²) in [6, 6.07) is 1.85. The van der Waals surface area contributed by atoms with E-state index >= 15 is 0 Å². The summed E-state index contributed by atoms with van der Waals surface area (Å²) in [7, 11) is 0. The number of alkyl halides is 1. The maximum absolute atomic E-state index is 6.21. The topological polar surface area (TPSA) is 30.7 Å². The fourth-order valence-corrected chi connectivity index (χ4v) is 2.56. The second-order valence-electron chi connectivity index (χ2n) is 4.97. The molecule has 0 aromatic carbocycles. The molecular formula is C13H15Cl2N3. The molecule has 1 atom stereocenters. The highest BCUT2D eigenvalue weighted by molar-refractivity contribution is 6.31. The van der Waals surface area contributed by atoms with Gasteiger partial charge in [-0.25, -0.2) is 9.97 Å². The molecule has 2 aromatic rings. The molecule has 1 aliphatic carbocycles. The zero-order chi connectivity index (χ0) is 12.7. The predicted octanol–water partition coefficient (Wildman–Crippen LogP) is 4.18. The Bertz CT molecular complexity index is 573. The Morgan fingerprint density at radius 2 is 2.28 bits per heavy atom. The van der Waals surface area contributed by atoms with Gasteiger partial charge in [0.25, 0.3) is 0 Å². The molecule has 3 nitrogen and oxygen atoms in total. The van der Waals surface area contributed by atoms with Gasteiger partial charge in [-0.3, -0.25) is 0 Å². The van der Waals surface area contributed by atoms with Crippen LogP contribution in [0.4, 0.5) is 0 Å². The van der Waals surface area contributed by atoms with Gasteiger partial charge in [-0.15, -0.1) is 11.6 Å². The quantitative estimate of drug-likeness (QED) is 0.788. The van der Waals surface area contributed by atoms with Gasteiger partial charge in [0.2, 0.25) is 0 Å². The third-order valence-electron chi connectivity index (χ3n) is 3.39. The Balaban J connectivity index is 2.02. The molecule has 0 amide bonds. The second-order valence-corrected chi connectivity index (χ2v) is 6.06. The minimum atomic E-state index is -0.114. The summed E-state index contributed by atoms with van der Waals surface area (Å²) in [5.74, 6) is 1.77. The first-order valence-electron chi connectivity index (χ1n) is 6.31. The minimum Gasteiger partial charge on any atom is -0.311 e. The van der Waals surface area contributed by atoms with Gasteiger partial charge in [0, 0.05) is 12.7 Å². The lowest BCUT2D eigenvalue weighted by Crippen LogP contribution is -2.06. The Labute approximate surface area is 116 Å². The van der Waals surface area contributed by atoms with Crippen LogP contribution in [0.15, 0.2) is 12.3 Å². The van der Waals surface area contributed by atoms with Crippen molar-refractivity contribution >= 4 is 34.4 Å². The van der Waals surface area contributed by atoms with Crippen LogP contribution in [0.3, 0.4) is 0 Å². The zero-order valence-corrected chi connectivity index (χ0v) is 11.7. The highest BCUT2D eigenvalue weighted by atomic mass is 35.5. The van der Waals surface area contributed by atoms with E-state index < -0.39 is 0 Å². The molecule has 0 aliphatic heterocycles. The molecule has 5 heteroatoms. The van der Waals surface area contributed by atoms with Crippen molar-refractivity contribution in [2.45, 2.75) is 38.1 Å². The average molecular weight is 284 g/mol. The summed E-state index contributed by atoms with van der Waals surface area (Å²) in [5.41, 5.74) is 1.73. The smallest absolute Gasteiger partial charge is 0.160 e. The second kappa shape index (κ2) is 4.71. The maximum Gasteiger partial charge on any atom is 0.160 e. The molecule has 2 aromatic heterocycles. The Hall–Kier alpha value is -0.800. The largest absolute Gasteiger partial charge is 0.311 e. The average Bonchev–Trinajstić information content (AvgIpc) is 3.07. The number of aryl methyl sites for hydroxylation is 1. The van der Waals surface area contributed by atoms with E-state index in [1.54, 1.807) is 6.20 Å². The van der Waals surface area contributed by atoms with Crippen molar-refractivity contribution in [3.63, 3.8) is 0 Å². The van der Waals surface area contributed by atoms with Crippen LogP contribution < -0.4 is 0 Å². The first kappa shape index (κ1) is 12.2. The molecule has 2 heterocycles. The number of halogens is 2. The Morgan fingerprint density at radius 1 is 1.50 bits per heavy atom. The number of imidazole rings is 1. The van der Waals surface area contributed by atoms with E-state index in [-0.39, 0.29) is 5.38 Å². The molecule has 0 saturated heterocycles. The summed E-state index contributed by atoms with van der Waals surface area (Å²) in [5, 5.41) is 0.500. The van der Waals surface area contributed by atoms with E-state index in [1.807, 2.05) is 13.0 Å². The lowest BCUT2D eigenvalue weighted by atomic mass is 10.3. The molecule has 96 valence electrons. The van der Waals surface area contributed by atoms with Crippen molar-refractivity contribution in [1.82, 2.24) is 14.5 Å². The number of aromatic nitrogens is 3. The van der Waals surface area contributed by atoms with Gasteiger partial charge in [-0.1, -0.05) is 24.4 Å². The van der Waals surface area contributed by atoms with Crippen LogP contribution in [0.25, 0.3) is 11.2 Å². The molecule has 1 fully saturated rings. The van der Waals surface area contributed by atoms with Crippen LogP contribution in [0.1, 0.15) is 37.4 Å². The van der Waals surface area contributed by atoms with Crippen LogP contribution >= 0.6 is 23.2 Å². The fraction of sp³-hybridized carbons (Fsp3) is 0.538. The van der Waals surface area contributed by atoms with E-state index in [2.05, 4.69) is 14.5 Å². The van der Waals surface area contributed by atoms with Gasteiger partial charge in [-0.2, -0.15) is 0 Å². The van der Waals surface area contributed by atoms with Gasteiger partial charge in [0.15, 0.2) is 5.65 Å². The SMILES string of the molecule is CC(Cl)c1nc2cc(Cl)cnc2n1CCC1CC1. The van der Waals surface area contributed by atoms with E-state index in [1.165, 1.54) is 19.3 Å². The van der Waals surface area contributed by atoms with Crippen molar-refractivity contribution in [1.29, 1.82) is 0 Å². The first-order valence-corrected chi connectivity index (χ1v) is 7.12. The predicted molar refractivity (Wildman–Crippen MR) is 74.1 cm³/mol. The van der Waals surface area contributed by atoms with Crippen molar-refractivity contribution < 1.29 is 0 Å². The molecule has 0 spiro atoms. The van der Waals surface area contributed by atoms with Crippen LogP contribution in [0.2, 0.25) is 5.02 Å². The third kappa shape index (κ3) is 2.34. The number of pyridine rings is 1. The highest BCUT2D eigenvalue weighted by Crippen LogP contribution is 2.34. The molecule has 1 saturated carbocycles. The number of fused-ring (bicyclic) bond motifs is 1. The standard InChI is InChI=1S/C13H15Cl2N3/c1-8(14)12-17-11-6-10(15)7-16-13(11)18(12)5-4-9-2-3-9/h6-9H,2-5H2,1H3. The van der Waals surface area contributed by atoms with Crippen LogP contribution in [0, 0.1) is 5.92 Å². The van der Waals surface area contributed by atoms with Crippen LogP contribution in [-0.2, 0) is 6.54 Å².